The average molecular weight is 236 g/mol. The third-order valence-electron chi connectivity index (χ3n) is 2.28. The summed E-state index contributed by atoms with van der Waals surface area (Å²) >= 11 is 0. The number of benzene rings is 1. The van der Waals surface area contributed by atoms with Crippen molar-refractivity contribution in [2.24, 2.45) is 0 Å². The standard InChI is InChI=1S/C13H17FN2O/c1-13(2,17)9-16(3)8-11-6-12(14)5-4-10(11)7-15/h4-6,17H,8-9H2,1-3H3. The fraction of sp³-hybridized carbons (Fsp3) is 0.462. The first kappa shape index (κ1) is 13.6. The van der Waals surface area contributed by atoms with Gasteiger partial charge in [-0.25, -0.2) is 4.39 Å². The lowest BCUT2D eigenvalue weighted by Crippen LogP contribution is -2.35. The second kappa shape index (κ2) is 5.26. The van der Waals surface area contributed by atoms with Crippen LogP contribution in [0.3, 0.4) is 0 Å². The maximum Gasteiger partial charge on any atom is 0.123 e. The summed E-state index contributed by atoms with van der Waals surface area (Å²) in [4.78, 5) is 1.86. The fourth-order valence-electron chi connectivity index (χ4n) is 1.81. The Morgan fingerprint density at radius 1 is 1.47 bits per heavy atom. The maximum atomic E-state index is 13.1. The molecule has 0 spiro atoms. The van der Waals surface area contributed by atoms with E-state index in [0.717, 1.165) is 0 Å². The van der Waals surface area contributed by atoms with Gasteiger partial charge in [0.2, 0.25) is 0 Å². The van der Waals surface area contributed by atoms with Gasteiger partial charge in [0, 0.05) is 13.1 Å². The number of nitrogens with zero attached hydrogens (tertiary/aromatic N) is 2. The van der Waals surface area contributed by atoms with Gasteiger partial charge in [-0.1, -0.05) is 0 Å². The van der Waals surface area contributed by atoms with Gasteiger partial charge in [-0.3, -0.25) is 4.90 Å². The molecule has 0 aromatic heterocycles. The number of nitriles is 1. The molecule has 1 aromatic rings. The van der Waals surface area contributed by atoms with Crippen molar-refractivity contribution in [2.75, 3.05) is 13.6 Å². The highest BCUT2D eigenvalue weighted by Gasteiger charge is 2.16. The first-order valence-electron chi connectivity index (χ1n) is 5.41. The van der Waals surface area contributed by atoms with Gasteiger partial charge in [0.15, 0.2) is 0 Å². The molecule has 0 radical (unpaired) electrons. The molecule has 0 bridgehead atoms. The van der Waals surface area contributed by atoms with Crippen molar-refractivity contribution in [1.82, 2.24) is 4.90 Å². The highest BCUT2D eigenvalue weighted by Crippen LogP contribution is 2.14. The van der Waals surface area contributed by atoms with E-state index in [9.17, 15) is 9.50 Å². The van der Waals surface area contributed by atoms with Crippen LogP contribution in [0.1, 0.15) is 25.0 Å². The van der Waals surface area contributed by atoms with Crippen molar-refractivity contribution in [3.8, 4) is 6.07 Å². The molecular formula is C13H17FN2O. The molecule has 92 valence electrons. The zero-order valence-corrected chi connectivity index (χ0v) is 10.4. The molecule has 4 heteroatoms. The summed E-state index contributed by atoms with van der Waals surface area (Å²) in [6.07, 6.45) is 0. The smallest absolute Gasteiger partial charge is 0.123 e. The van der Waals surface area contributed by atoms with Crippen molar-refractivity contribution in [3.63, 3.8) is 0 Å². The summed E-state index contributed by atoms with van der Waals surface area (Å²) in [7, 11) is 1.82. The third kappa shape index (κ3) is 4.51. The Bertz CT molecular complexity index is 432. The molecule has 17 heavy (non-hydrogen) atoms. The third-order valence-corrected chi connectivity index (χ3v) is 2.28. The molecule has 0 atom stereocenters. The molecule has 0 fully saturated rings. The fourth-order valence-corrected chi connectivity index (χ4v) is 1.81. The lowest BCUT2D eigenvalue weighted by molar-refractivity contribution is 0.0424. The Morgan fingerprint density at radius 2 is 2.12 bits per heavy atom. The van der Waals surface area contributed by atoms with E-state index in [2.05, 4.69) is 0 Å². The Hall–Kier alpha value is -1.44. The predicted molar refractivity (Wildman–Crippen MR) is 63.7 cm³/mol. The number of halogens is 1. The van der Waals surface area contributed by atoms with Gasteiger partial charge >= 0.3 is 0 Å². The Labute approximate surface area is 101 Å². The van der Waals surface area contributed by atoms with Crippen LogP contribution in [-0.4, -0.2) is 29.2 Å². The molecule has 0 aliphatic heterocycles. The first-order valence-corrected chi connectivity index (χ1v) is 5.41. The van der Waals surface area contributed by atoms with Crippen molar-refractivity contribution in [1.29, 1.82) is 5.26 Å². The molecular weight excluding hydrogens is 219 g/mol. The van der Waals surface area contributed by atoms with E-state index < -0.39 is 5.60 Å². The van der Waals surface area contributed by atoms with Crippen LogP contribution in [0.25, 0.3) is 0 Å². The van der Waals surface area contributed by atoms with E-state index >= 15 is 0 Å². The average Bonchev–Trinajstić information content (AvgIpc) is 2.14. The lowest BCUT2D eigenvalue weighted by Gasteiger charge is -2.25. The highest BCUT2D eigenvalue weighted by molar-refractivity contribution is 5.37. The number of likely N-dealkylation sites (N-methyl/N-ethyl adjacent to an activating group) is 1. The van der Waals surface area contributed by atoms with E-state index in [1.807, 2.05) is 18.0 Å². The van der Waals surface area contributed by atoms with Crippen LogP contribution in [0.2, 0.25) is 0 Å². The van der Waals surface area contributed by atoms with E-state index in [-0.39, 0.29) is 5.82 Å². The molecule has 0 amide bonds. The minimum Gasteiger partial charge on any atom is -0.389 e. The number of hydrogen-bond acceptors (Lipinski definition) is 3. The van der Waals surface area contributed by atoms with Crippen LogP contribution < -0.4 is 0 Å². The van der Waals surface area contributed by atoms with Gasteiger partial charge in [-0.2, -0.15) is 5.26 Å². The summed E-state index contributed by atoms with van der Waals surface area (Å²) in [5.74, 6) is -0.351. The maximum absolute atomic E-state index is 13.1. The van der Waals surface area contributed by atoms with Crippen molar-refractivity contribution in [3.05, 3.63) is 35.1 Å². The van der Waals surface area contributed by atoms with E-state index in [1.54, 1.807) is 13.8 Å². The molecule has 0 unspecified atom stereocenters. The SMILES string of the molecule is CN(Cc1cc(F)ccc1C#N)CC(C)(C)O. The zero-order valence-electron chi connectivity index (χ0n) is 10.4. The van der Waals surface area contributed by atoms with Gasteiger partial charge in [-0.05, 0) is 44.7 Å². The van der Waals surface area contributed by atoms with E-state index in [1.165, 1.54) is 18.2 Å². The second-order valence-electron chi connectivity index (χ2n) is 4.90. The quantitative estimate of drug-likeness (QED) is 0.868. The Morgan fingerprint density at radius 3 is 2.65 bits per heavy atom. The summed E-state index contributed by atoms with van der Waals surface area (Å²) in [6.45, 7) is 4.31. The zero-order chi connectivity index (χ0) is 13.1. The van der Waals surface area contributed by atoms with Crippen LogP contribution >= 0.6 is 0 Å². The highest BCUT2D eigenvalue weighted by atomic mass is 19.1. The molecule has 0 heterocycles. The van der Waals surface area contributed by atoms with Crippen molar-refractivity contribution in [2.45, 2.75) is 26.0 Å². The largest absolute Gasteiger partial charge is 0.389 e. The molecule has 1 rings (SSSR count). The summed E-state index contributed by atoms with van der Waals surface area (Å²) in [5, 5.41) is 18.6. The van der Waals surface area contributed by atoms with Crippen molar-refractivity contribution >= 4 is 0 Å². The van der Waals surface area contributed by atoms with Crippen LogP contribution in [-0.2, 0) is 6.54 Å². The summed E-state index contributed by atoms with van der Waals surface area (Å²) in [5.41, 5.74) is 0.294. The van der Waals surface area contributed by atoms with Gasteiger partial charge in [-0.15, -0.1) is 0 Å². The Kier molecular flexibility index (Phi) is 4.22. The van der Waals surface area contributed by atoms with Crippen LogP contribution in [0.15, 0.2) is 18.2 Å². The minimum absolute atomic E-state index is 0.351. The summed E-state index contributed by atoms with van der Waals surface area (Å²) in [6, 6.07) is 6.15. The normalized spacial score (nSPS) is 11.6. The summed E-state index contributed by atoms with van der Waals surface area (Å²) < 4.78 is 13.1. The second-order valence-corrected chi connectivity index (χ2v) is 4.90. The van der Waals surface area contributed by atoms with Gasteiger partial charge in [0.1, 0.15) is 5.82 Å². The monoisotopic (exact) mass is 236 g/mol. The number of rotatable bonds is 4. The first-order chi connectivity index (χ1) is 7.81. The van der Waals surface area contributed by atoms with E-state index in [4.69, 9.17) is 5.26 Å². The van der Waals surface area contributed by atoms with Gasteiger partial charge in [0.05, 0.1) is 17.2 Å². The van der Waals surface area contributed by atoms with Crippen LogP contribution in [0, 0.1) is 17.1 Å². The minimum atomic E-state index is -0.811. The topological polar surface area (TPSA) is 47.3 Å². The van der Waals surface area contributed by atoms with Crippen LogP contribution in [0.5, 0.6) is 0 Å². The van der Waals surface area contributed by atoms with Crippen LogP contribution in [0.4, 0.5) is 4.39 Å². The molecule has 3 nitrogen and oxygen atoms in total. The van der Waals surface area contributed by atoms with E-state index in [0.29, 0.717) is 24.2 Å². The van der Waals surface area contributed by atoms with Gasteiger partial charge in [0.25, 0.3) is 0 Å². The number of aliphatic hydroxyl groups is 1. The van der Waals surface area contributed by atoms with Gasteiger partial charge < -0.3 is 5.11 Å². The Balaban J connectivity index is 2.81. The predicted octanol–water partition coefficient (Wildman–Crippen LogP) is 1.90. The molecule has 1 N–H and O–H groups in total. The number of hydrogen-bond donors (Lipinski definition) is 1. The molecule has 1 aromatic carbocycles. The molecule has 0 aliphatic carbocycles. The molecule has 0 aliphatic rings. The lowest BCUT2D eigenvalue weighted by atomic mass is 10.1. The van der Waals surface area contributed by atoms with Crippen molar-refractivity contribution < 1.29 is 9.50 Å². The molecule has 0 saturated carbocycles. The molecule has 0 saturated heterocycles.